The van der Waals surface area contributed by atoms with E-state index in [0.717, 1.165) is 0 Å². The van der Waals surface area contributed by atoms with E-state index in [4.69, 9.17) is 4.42 Å². The second kappa shape index (κ2) is 4.37. The van der Waals surface area contributed by atoms with Gasteiger partial charge in [0.2, 0.25) is 5.88 Å². The molecule has 5 nitrogen and oxygen atoms in total. The van der Waals surface area contributed by atoms with Crippen LogP contribution in [0.25, 0.3) is 11.6 Å². The zero-order chi connectivity index (χ0) is 12.6. The molecule has 0 aromatic carbocycles. The van der Waals surface area contributed by atoms with Crippen molar-refractivity contribution < 1.29 is 9.52 Å². The minimum absolute atomic E-state index is 0.0969. The third kappa shape index (κ3) is 2.12. The van der Waals surface area contributed by atoms with Gasteiger partial charge in [-0.25, -0.2) is 0 Å². The maximum Gasteiger partial charge on any atom is 0.258 e. The van der Waals surface area contributed by atoms with Crippen molar-refractivity contribution in [2.75, 3.05) is 0 Å². The molecule has 2 heterocycles. The molecule has 90 valence electrons. The molecule has 0 unspecified atom stereocenters. The first-order valence-electron chi connectivity index (χ1n) is 5.07. The lowest BCUT2D eigenvalue weighted by Gasteiger charge is -2.07. The minimum Gasteiger partial charge on any atom is -0.493 e. The lowest BCUT2D eigenvalue weighted by molar-refractivity contribution is 0.438. The Morgan fingerprint density at radius 2 is 2.24 bits per heavy atom. The van der Waals surface area contributed by atoms with Gasteiger partial charge in [-0.15, -0.1) is 0 Å². The summed E-state index contributed by atoms with van der Waals surface area (Å²) in [5.41, 5.74) is -0.0813. The molecule has 0 aliphatic heterocycles. The van der Waals surface area contributed by atoms with Crippen molar-refractivity contribution in [2.45, 2.75) is 19.8 Å². The lowest BCUT2D eigenvalue weighted by Crippen LogP contribution is -2.16. The van der Waals surface area contributed by atoms with Crippen molar-refractivity contribution in [3.8, 4) is 17.5 Å². The fourth-order valence-corrected chi connectivity index (χ4v) is 1.95. The number of nitrogens with one attached hydrogen (secondary N) is 1. The van der Waals surface area contributed by atoms with E-state index in [1.54, 1.807) is 6.07 Å². The number of aromatic hydroxyl groups is 1. The van der Waals surface area contributed by atoms with Crippen LogP contribution in [0.5, 0.6) is 5.88 Å². The first kappa shape index (κ1) is 11.9. The van der Waals surface area contributed by atoms with Crippen LogP contribution >= 0.6 is 15.9 Å². The Morgan fingerprint density at radius 1 is 1.53 bits per heavy atom. The van der Waals surface area contributed by atoms with Crippen molar-refractivity contribution in [3.63, 3.8) is 0 Å². The molecule has 2 aromatic rings. The molecule has 17 heavy (non-hydrogen) atoms. The Kier molecular flexibility index (Phi) is 3.06. The summed E-state index contributed by atoms with van der Waals surface area (Å²) in [6, 6.07) is 1.68. The summed E-state index contributed by atoms with van der Waals surface area (Å²) in [6.45, 7) is 3.63. The number of furan rings is 1. The Hall–Kier alpha value is -1.56. The number of halogens is 1. The van der Waals surface area contributed by atoms with Gasteiger partial charge in [0.05, 0.1) is 16.3 Å². The fraction of sp³-hybridized carbons (Fsp3) is 0.273. The van der Waals surface area contributed by atoms with Gasteiger partial charge in [-0.05, 0) is 27.9 Å². The third-order valence-corrected chi connectivity index (χ3v) is 2.97. The number of hydrogen-bond donors (Lipinski definition) is 2. The number of nitrogens with zero attached hydrogens (tertiary/aromatic N) is 1. The van der Waals surface area contributed by atoms with Gasteiger partial charge in [0.15, 0.2) is 11.6 Å². The van der Waals surface area contributed by atoms with E-state index in [0.29, 0.717) is 10.2 Å². The minimum atomic E-state index is -0.356. The predicted octanol–water partition coefficient (Wildman–Crippen LogP) is 2.62. The molecule has 0 atom stereocenters. The zero-order valence-corrected chi connectivity index (χ0v) is 10.9. The maximum atomic E-state index is 11.8. The summed E-state index contributed by atoms with van der Waals surface area (Å²) in [7, 11) is 0. The molecule has 0 radical (unpaired) electrons. The van der Waals surface area contributed by atoms with E-state index in [1.807, 2.05) is 13.8 Å². The molecule has 2 N–H and O–H groups in total. The van der Waals surface area contributed by atoms with Gasteiger partial charge < -0.3 is 14.5 Å². The average Bonchev–Trinajstić information content (AvgIpc) is 2.62. The number of aromatic nitrogens is 2. The predicted molar refractivity (Wildman–Crippen MR) is 66.0 cm³/mol. The van der Waals surface area contributed by atoms with E-state index in [-0.39, 0.29) is 28.7 Å². The number of aromatic amines is 1. The lowest BCUT2D eigenvalue weighted by atomic mass is 10.1. The monoisotopic (exact) mass is 298 g/mol. The van der Waals surface area contributed by atoms with Crippen molar-refractivity contribution >= 4 is 15.9 Å². The highest BCUT2D eigenvalue weighted by atomic mass is 79.9. The van der Waals surface area contributed by atoms with Gasteiger partial charge in [-0.2, -0.15) is 4.98 Å². The quantitative estimate of drug-likeness (QED) is 0.893. The summed E-state index contributed by atoms with van der Waals surface area (Å²) >= 11 is 3.26. The number of H-pyrrole nitrogens is 1. The number of rotatable bonds is 2. The highest BCUT2D eigenvalue weighted by Gasteiger charge is 2.17. The SMILES string of the molecule is CC(C)c1c(O)nc(-c2occc2Br)[nH]c1=O. The largest absolute Gasteiger partial charge is 0.493 e. The van der Waals surface area contributed by atoms with Gasteiger partial charge >= 0.3 is 0 Å². The van der Waals surface area contributed by atoms with Crippen molar-refractivity contribution in [2.24, 2.45) is 0 Å². The smallest absolute Gasteiger partial charge is 0.258 e. The van der Waals surface area contributed by atoms with Crippen LogP contribution in [0.4, 0.5) is 0 Å². The number of hydrogen-bond acceptors (Lipinski definition) is 4. The summed E-state index contributed by atoms with van der Waals surface area (Å²) in [5.74, 6) is 0.226. The standard InChI is InChI=1S/C11H11BrN2O3/c1-5(2)7-10(15)13-9(14-11(7)16)8-6(12)3-4-17-8/h3-5H,1-2H3,(H2,13,14,15,16). The molecule has 0 spiro atoms. The zero-order valence-electron chi connectivity index (χ0n) is 9.32. The van der Waals surface area contributed by atoms with Gasteiger partial charge in [-0.1, -0.05) is 13.8 Å². The fourth-order valence-electron chi connectivity index (χ4n) is 1.56. The van der Waals surface area contributed by atoms with E-state index in [9.17, 15) is 9.90 Å². The molecule has 0 aliphatic carbocycles. The molecule has 6 heteroatoms. The van der Waals surface area contributed by atoms with Crippen molar-refractivity contribution in [3.05, 3.63) is 32.7 Å². The van der Waals surface area contributed by atoms with E-state index < -0.39 is 0 Å². The normalized spacial score (nSPS) is 11.1. The Bertz CT molecular complexity index is 601. The van der Waals surface area contributed by atoms with E-state index in [1.165, 1.54) is 6.26 Å². The maximum absolute atomic E-state index is 11.8. The van der Waals surface area contributed by atoms with Gasteiger partial charge in [-0.3, -0.25) is 4.79 Å². The summed E-state index contributed by atoms with van der Waals surface area (Å²) < 4.78 is 5.83. The van der Waals surface area contributed by atoms with Crippen LogP contribution in [-0.4, -0.2) is 15.1 Å². The molecule has 0 fully saturated rings. The first-order chi connectivity index (χ1) is 8.00. The average molecular weight is 299 g/mol. The van der Waals surface area contributed by atoms with Gasteiger partial charge in [0, 0.05) is 0 Å². The molecule has 0 amide bonds. The Morgan fingerprint density at radius 3 is 2.71 bits per heavy atom. The van der Waals surface area contributed by atoms with Crippen LogP contribution in [0.15, 0.2) is 26.0 Å². The van der Waals surface area contributed by atoms with E-state index >= 15 is 0 Å². The molecule has 2 rings (SSSR count). The topological polar surface area (TPSA) is 79.1 Å². The van der Waals surface area contributed by atoms with Crippen LogP contribution in [0.3, 0.4) is 0 Å². The van der Waals surface area contributed by atoms with Crippen molar-refractivity contribution in [1.29, 1.82) is 0 Å². The van der Waals surface area contributed by atoms with E-state index in [2.05, 4.69) is 25.9 Å². The molecular weight excluding hydrogens is 288 g/mol. The van der Waals surface area contributed by atoms with Crippen LogP contribution in [0.1, 0.15) is 25.3 Å². The summed E-state index contributed by atoms with van der Waals surface area (Å²) in [5, 5.41) is 9.74. The van der Waals surface area contributed by atoms with Crippen LogP contribution in [-0.2, 0) is 0 Å². The highest BCUT2D eigenvalue weighted by molar-refractivity contribution is 9.10. The van der Waals surface area contributed by atoms with Gasteiger partial charge in [0.1, 0.15) is 0 Å². The highest BCUT2D eigenvalue weighted by Crippen LogP contribution is 2.28. The van der Waals surface area contributed by atoms with Crippen LogP contribution in [0.2, 0.25) is 0 Å². The Labute approximate surface area is 106 Å². The Balaban J connectivity index is 2.61. The van der Waals surface area contributed by atoms with Crippen LogP contribution < -0.4 is 5.56 Å². The summed E-state index contributed by atoms with van der Waals surface area (Å²) in [4.78, 5) is 18.3. The second-order valence-corrected chi connectivity index (χ2v) is 4.76. The molecule has 0 saturated heterocycles. The summed E-state index contributed by atoms with van der Waals surface area (Å²) in [6.07, 6.45) is 1.47. The molecular formula is C11H11BrN2O3. The first-order valence-corrected chi connectivity index (χ1v) is 5.86. The molecule has 0 aliphatic rings. The molecule has 2 aromatic heterocycles. The van der Waals surface area contributed by atoms with Gasteiger partial charge in [0.25, 0.3) is 5.56 Å². The van der Waals surface area contributed by atoms with Crippen molar-refractivity contribution in [1.82, 2.24) is 9.97 Å². The third-order valence-electron chi connectivity index (χ3n) is 2.34. The van der Waals surface area contributed by atoms with Crippen LogP contribution in [0, 0.1) is 0 Å². The molecule has 0 saturated carbocycles. The molecule has 0 bridgehead atoms. The second-order valence-electron chi connectivity index (χ2n) is 3.90.